The maximum Gasteiger partial charge on any atom is 0.329 e. The van der Waals surface area contributed by atoms with Gasteiger partial charge in [0.05, 0.1) is 6.21 Å². The number of hydrogen-bond donors (Lipinski definition) is 3. The molecule has 0 unspecified atom stereocenters. The SMILES string of the molecule is Cc1cc(Br)ccc1NC(=O)COc1cccc(/C=N\NC(=O)C(=O)NCc2ccc3c(c2)OCO3)c1. The summed E-state index contributed by atoms with van der Waals surface area (Å²) in [5.74, 6) is -0.380. The van der Waals surface area contributed by atoms with Gasteiger partial charge in [-0.05, 0) is 66.1 Å². The number of hydrogen-bond acceptors (Lipinski definition) is 7. The lowest BCUT2D eigenvalue weighted by molar-refractivity contribution is -0.139. The van der Waals surface area contributed by atoms with E-state index in [1.807, 2.05) is 19.1 Å². The molecule has 0 spiro atoms. The van der Waals surface area contributed by atoms with Crippen LogP contribution in [0.15, 0.2) is 70.2 Å². The molecule has 3 aromatic carbocycles. The van der Waals surface area contributed by atoms with Crippen LogP contribution in [0.4, 0.5) is 5.69 Å². The number of carbonyl (C=O) groups is 3. The third-order valence-electron chi connectivity index (χ3n) is 5.17. The second-order valence-corrected chi connectivity index (χ2v) is 8.85. The zero-order valence-electron chi connectivity index (χ0n) is 19.7. The van der Waals surface area contributed by atoms with Gasteiger partial charge in [0.2, 0.25) is 6.79 Å². The van der Waals surface area contributed by atoms with Gasteiger partial charge in [-0.1, -0.05) is 34.1 Å². The molecule has 0 aliphatic carbocycles. The second-order valence-electron chi connectivity index (χ2n) is 7.94. The number of hydrazone groups is 1. The van der Waals surface area contributed by atoms with Gasteiger partial charge >= 0.3 is 11.8 Å². The molecule has 1 heterocycles. The topological polar surface area (TPSA) is 127 Å². The molecule has 0 bridgehead atoms. The predicted octanol–water partition coefficient (Wildman–Crippen LogP) is 3.27. The average Bonchev–Trinajstić information content (AvgIpc) is 3.36. The molecule has 3 amide bonds. The summed E-state index contributed by atoms with van der Waals surface area (Å²) in [6.07, 6.45) is 1.36. The Labute approximate surface area is 221 Å². The summed E-state index contributed by atoms with van der Waals surface area (Å²) in [6.45, 7) is 2.01. The summed E-state index contributed by atoms with van der Waals surface area (Å²) >= 11 is 3.39. The van der Waals surface area contributed by atoms with E-state index in [0.29, 0.717) is 28.5 Å². The van der Waals surface area contributed by atoms with Crippen LogP contribution in [0.3, 0.4) is 0 Å². The normalized spacial score (nSPS) is 11.7. The quantitative estimate of drug-likeness (QED) is 0.218. The van der Waals surface area contributed by atoms with E-state index in [2.05, 4.69) is 37.1 Å². The van der Waals surface area contributed by atoms with E-state index in [0.717, 1.165) is 15.6 Å². The lowest BCUT2D eigenvalue weighted by Gasteiger charge is -2.10. The largest absolute Gasteiger partial charge is 0.484 e. The number of fused-ring (bicyclic) bond motifs is 1. The number of aryl methyl sites for hydroxylation is 1. The molecule has 0 atom stereocenters. The van der Waals surface area contributed by atoms with Crippen molar-refractivity contribution in [3.05, 3.63) is 81.8 Å². The Morgan fingerprint density at radius 3 is 2.70 bits per heavy atom. The highest BCUT2D eigenvalue weighted by molar-refractivity contribution is 9.10. The van der Waals surface area contributed by atoms with Gasteiger partial charge in [0.15, 0.2) is 18.1 Å². The van der Waals surface area contributed by atoms with E-state index in [9.17, 15) is 14.4 Å². The number of nitrogens with zero attached hydrogens (tertiary/aromatic N) is 1. The molecule has 4 rings (SSSR count). The Hall–Kier alpha value is -4.38. The van der Waals surface area contributed by atoms with Crippen molar-refractivity contribution in [2.45, 2.75) is 13.5 Å². The molecule has 10 nitrogen and oxygen atoms in total. The van der Waals surface area contributed by atoms with Crippen molar-refractivity contribution in [2.24, 2.45) is 5.10 Å². The molecule has 3 N–H and O–H groups in total. The molecule has 0 saturated heterocycles. The van der Waals surface area contributed by atoms with Crippen LogP contribution in [0.2, 0.25) is 0 Å². The first-order valence-corrected chi connectivity index (χ1v) is 12.0. The fraction of sp³-hybridized carbons (Fsp3) is 0.154. The zero-order valence-corrected chi connectivity index (χ0v) is 21.3. The molecule has 1 aliphatic rings. The van der Waals surface area contributed by atoms with Gasteiger partial charge in [-0.2, -0.15) is 5.10 Å². The van der Waals surface area contributed by atoms with Crippen LogP contribution in [0, 0.1) is 6.92 Å². The van der Waals surface area contributed by atoms with Gasteiger partial charge in [0.25, 0.3) is 5.91 Å². The number of rotatable bonds is 8. The molecule has 11 heteroatoms. The van der Waals surface area contributed by atoms with E-state index in [4.69, 9.17) is 14.2 Å². The van der Waals surface area contributed by atoms with Crippen LogP contribution in [0.5, 0.6) is 17.2 Å². The maximum absolute atomic E-state index is 12.2. The van der Waals surface area contributed by atoms with E-state index in [1.165, 1.54) is 6.21 Å². The van der Waals surface area contributed by atoms with Gasteiger partial charge in [0, 0.05) is 16.7 Å². The maximum atomic E-state index is 12.2. The highest BCUT2D eigenvalue weighted by Gasteiger charge is 2.15. The number of carbonyl (C=O) groups excluding carboxylic acids is 3. The van der Waals surface area contributed by atoms with Crippen LogP contribution < -0.4 is 30.3 Å². The third-order valence-corrected chi connectivity index (χ3v) is 5.66. The number of ether oxygens (including phenoxy) is 3. The summed E-state index contributed by atoms with van der Waals surface area (Å²) in [7, 11) is 0. The van der Waals surface area contributed by atoms with Crippen LogP contribution in [0.25, 0.3) is 0 Å². The minimum Gasteiger partial charge on any atom is -0.484 e. The van der Waals surface area contributed by atoms with Crippen molar-refractivity contribution in [1.29, 1.82) is 0 Å². The highest BCUT2D eigenvalue weighted by atomic mass is 79.9. The number of benzene rings is 3. The van der Waals surface area contributed by atoms with Gasteiger partial charge in [-0.3, -0.25) is 14.4 Å². The van der Waals surface area contributed by atoms with Crippen molar-refractivity contribution >= 4 is 45.6 Å². The van der Waals surface area contributed by atoms with Gasteiger partial charge in [-0.15, -0.1) is 0 Å². The summed E-state index contributed by atoms with van der Waals surface area (Å²) in [5, 5.41) is 9.13. The Morgan fingerprint density at radius 1 is 1.03 bits per heavy atom. The van der Waals surface area contributed by atoms with Gasteiger partial charge in [0.1, 0.15) is 5.75 Å². The number of amides is 3. The first-order chi connectivity index (χ1) is 17.9. The Kier molecular flexibility index (Phi) is 8.37. The molecule has 0 aromatic heterocycles. The van der Waals surface area contributed by atoms with Crippen LogP contribution >= 0.6 is 15.9 Å². The Balaban J connectivity index is 1.22. The fourth-order valence-electron chi connectivity index (χ4n) is 3.32. The van der Waals surface area contributed by atoms with Crippen molar-refractivity contribution in [1.82, 2.24) is 10.7 Å². The number of anilines is 1. The Bertz CT molecular complexity index is 1360. The van der Waals surface area contributed by atoms with Gasteiger partial charge < -0.3 is 24.8 Å². The molecule has 0 radical (unpaired) electrons. The lowest BCUT2D eigenvalue weighted by atomic mass is 10.2. The van der Waals surface area contributed by atoms with Crippen LogP contribution in [0.1, 0.15) is 16.7 Å². The molecule has 190 valence electrons. The number of nitrogens with one attached hydrogen (secondary N) is 3. The molecule has 37 heavy (non-hydrogen) atoms. The summed E-state index contributed by atoms with van der Waals surface area (Å²) in [4.78, 5) is 36.3. The summed E-state index contributed by atoms with van der Waals surface area (Å²) in [5.41, 5.74) is 5.16. The fourth-order valence-corrected chi connectivity index (χ4v) is 3.79. The van der Waals surface area contributed by atoms with E-state index in [1.54, 1.807) is 48.5 Å². The molecular weight excluding hydrogens is 544 g/mol. The third kappa shape index (κ3) is 7.31. The van der Waals surface area contributed by atoms with E-state index >= 15 is 0 Å². The zero-order chi connectivity index (χ0) is 26.2. The second kappa shape index (κ2) is 12.0. The molecular formula is C26H23BrN4O6. The van der Waals surface area contributed by atoms with Crippen molar-refractivity contribution in [3.8, 4) is 17.2 Å². The predicted molar refractivity (Wildman–Crippen MR) is 140 cm³/mol. The Morgan fingerprint density at radius 2 is 1.86 bits per heavy atom. The molecule has 3 aromatic rings. The molecule has 0 saturated carbocycles. The highest BCUT2D eigenvalue weighted by Crippen LogP contribution is 2.32. The monoisotopic (exact) mass is 566 g/mol. The summed E-state index contributed by atoms with van der Waals surface area (Å²) < 4.78 is 17.0. The van der Waals surface area contributed by atoms with Gasteiger partial charge in [-0.25, -0.2) is 5.43 Å². The first kappa shape index (κ1) is 25.7. The van der Waals surface area contributed by atoms with Crippen molar-refractivity contribution in [3.63, 3.8) is 0 Å². The van der Waals surface area contributed by atoms with Crippen LogP contribution in [-0.2, 0) is 20.9 Å². The number of halogens is 1. The average molecular weight is 567 g/mol. The van der Waals surface area contributed by atoms with E-state index < -0.39 is 11.8 Å². The van der Waals surface area contributed by atoms with Crippen molar-refractivity contribution < 1.29 is 28.6 Å². The first-order valence-electron chi connectivity index (χ1n) is 11.2. The minimum absolute atomic E-state index is 0.140. The summed E-state index contributed by atoms with van der Waals surface area (Å²) in [6, 6.07) is 17.6. The smallest absolute Gasteiger partial charge is 0.329 e. The van der Waals surface area contributed by atoms with Crippen LogP contribution in [-0.4, -0.2) is 37.3 Å². The standard InChI is InChI=1S/C26H23BrN4O6/c1-16-9-19(27)6-7-21(16)30-24(32)14-35-20-4-2-3-17(10-20)13-29-31-26(34)25(33)28-12-18-5-8-22-23(11-18)37-15-36-22/h2-11,13H,12,14-15H2,1H3,(H,28,33)(H,30,32)(H,31,34)/b29-13-. The molecule has 0 fully saturated rings. The van der Waals surface area contributed by atoms with E-state index in [-0.39, 0.29) is 25.9 Å². The van der Waals surface area contributed by atoms with Crippen molar-refractivity contribution in [2.75, 3.05) is 18.7 Å². The minimum atomic E-state index is -0.913. The lowest BCUT2D eigenvalue weighted by Crippen LogP contribution is -2.37. The molecule has 1 aliphatic heterocycles.